The monoisotopic (exact) mass is 435 g/mol. The Kier molecular flexibility index (Phi) is 6.94. The summed E-state index contributed by atoms with van der Waals surface area (Å²) in [4.78, 5) is 17.1. The van der Waals surface area contributed by atoms with Crippen molar-refractivity contribution in [2.45, 2.75) is 6.42 Å². The van der Waals surface area contributed by atoms with E-state index in [2.05, 4.69) is 61.4 Å². The normalized spacial score (nSPS) is 15.1. The van der Waals surface area contributed by atoms with Crippen LogP contribution in [0.25, 0.3) is 0 Å². The maximum absolute atomic E-state index is 12.2. The molecule has 1 heterocycles. The van der Waals surface area contributed by atoms with E-state index in [0.717, 1.165) is 43.6 Å². The summed E-state index contributed by atoms with van der Waals surface area (Å²) < 4.78 is 0.850. The number of benzene rings is 2. The van der Waals surface area contributed by atoms with Crippen LogP contribution < -0.4 is 10.2 Å². The van der Waals surface area contributed by atoms with Crippen molar-refractivity contribution in [1.82, 2.24) is 10.2 Å². The lowest BCUT2D eigenvalue weighted by Gasteiger charge is -2.36. The molecule has 4 nitrogen and oxygen atoms in total. The van der Waals surface area contributed by atoms with Crippen molar-refractivity contribution in [3.63, 3.8) is 0 Å². The van der Waals surface area contributed by atoms with Gasteiger partial charge in [0.2, 0.25) is 0 Å². The van der Waals surface area contributed by atoms with Gasteiger partial charge >= 0.3 is 0 Å². The lowest BCUT2D eigenvalue weighted by Crippen LogP contribution is -2.47. The molecule has 0 atom stereocenters. The first kappa shape index (κ1) is 19.2. The van der Waals surface area contributed by atoms with E-state index in [1.807, 2.05) is 6.07 Å². The van der Waals surface area contributed by atoms with E-state index >= 15 is 0 Å². The van der Waals surface area contributed by atoms with Gasteiger partial charge in [-0.05, 0) is 43.3 Å². The van der Waals surface area contributed by atoms with Crippen LogP contribution >= 0.6 is 27.5 Å². The number of hydrogen-bond acceptors (Lipinski definition) is 3. The summed E-state index contributed by atoms with van der Waals surface area (Å²) in [6.45, 7) is 5.85. The van der Waals surface area contributed by atoms with Gasteiger partial charge in [0.1, 0.15) is 0 Å². The van der Waals surface area contributed by atoms with Crippen molar-refractivity contribution in [3.8, 4) is 0 Å². The zero-order valence-corrected chi connectivity index (χ0v) is 17.0. The van der Waals surface area contributed by atoms with Gasteiger partial charge in [0.05, 0.1) is 10.6 Å². The van der Waals surface area contributed by atoms with E-state index < -0.39 is 0 Å². The van der Waals surface area contributed by atoms with E-state index in [1.165, 1.54) is 5.69 Å². The Labute approximate surface area is 168 Å². The second-order valence-corrected chi connectivity index (χ2v) is 7.72. The second-order valence-electron chi connectivity index (χ2n) is 6.40. The lowest BCUT2D eigenvalue weighted by atomic mass is 10.2. The number of carbonyl (C=O) groups is 1. The summed E-state index contributed by atoms with van der Waals surface area (Å²) in [5, 5.41) is 3.43. The van der Waals surface area contributed by atoms with E-state index in [4.69, 9.17) is 11.6 Å². The molecule has 138 valence electrons. The summed E-state index contributed by atoms with van der Waals surface area (Å²) in [6, 6.07) is 15.9. The summed E-state index contributed by atoms with van der Waals surface area (Å²) in [5.41, 5.74) is 1.81. The molecule has 1 aliphatic heterocycles. The van der Waals surface area contributed by atoms with E-state index in [9.17, 15) is 4.79 Å². The molecule has 1 N–H and O–H groups in total. The van der Waals surface area contributed by atoms with Gasteiger partial charge in [-0.1, -0.05) is 45.7 Å². The number of nitrogens with one attached hydrogen (secondary N) is 1. The molecule has 3 rings (SSSR count). The number of rotatable bonds is 6. The van der Waals surface area contributed by atoms with Crippen molar-refractivity contribution in [2.24, 2.45) is 0 Å². The van der Waals surface area contributed by atoms with Crippen LogP contribution in [0.3, 0.4) is 0 Å². The quantitative estimate of drug-likeness (QED) is 0.694. The summed E-state index contributed by atoms with van der Waals surface area (Å²) in [6.07, 6.45) is 0.933. The van der Waals surface area contributed by atoms with Crippen LogP contribution in [0, 0.1) is 0 Å². The minimum absolute atomic E-state index is 0.120. The van der Waals surface area contributed by atoms with Crippen LogP contribution in [-0.4, -0.2) is 50.1 Å². The third kappa shape index (κ3) is 5.22. The molecule has 1 saturated heterocycles. The Hall–Kier alpha value is -1.56. The molecule has 6 heteroatoms. The van der Waals surface area contributed by atoms with E-state index in [1.54, 1.807) is 12.1 Å². The predicted octanol–water partition coefficient (Wildman–Crippen LogP) is 4.04. The van der Waals surface area contributed by atoms with Gasteiger partial charge in [0, 0.05) is 42.9 Å². The SMILES string of the molecule is O=C(NCCCN1CCN(c2ccccc2)CC1)c1cc(Br)ccc1Cl. The minimum Gasteiger partial charge on any atom is -0.369 e. The topological polar surface area (TPSA) is 35.6 Å². The number of piperazine rings is 1. The molecule has 2 aromatic rings. The average Bonchev–Trinajstić information content (AvgIpc) is 2.68. The Morgan fingerprint density at radius 3 is 2.54 bits per heavy atom. The smallest absolute Gasteiger partial charge is 0.252 e. The number of para-hydroxylation sites is 1. The maximum Gasteiger partial charge on any atom is 0.252 e. The van der Waals surface area contributed by atoms with Crippen LogP contribution in [-0.2, 0) is 0 Å². The Morgan fingerprint density at radius 1 is 1.08 bits per heavy atom. The Balaban J connectivity index is 1.37. The fourth-order valence-corrected chi connectivity index (χ4v) is 3.70. The zero-order valence-electron chi connectivity index (χ0n) is 14.6. The van der Waals surface area contributed by atoms with Gasteiger partial charge < -0.3 is 10.2 Å². The molecule has 0 aliphatic carbocycles. The highest BCUT2D eigenvalue weighted by Crippen LogP contribution is 2.21. The van der Waals surface area contributed by atoms with Gasteiger partial charge in [-0.15, -0.1) is 0 Å². The number of halogens is 2. The number of anilines is 1. The van der Waals surface area contributed by atoms with Gasteiger partial charge in [0.15, 0.2) is 0 Å². The summed E-state index contributed by atoms with van der Waals surface area (Å²) in [5.74, 6) is -0.120. The van der Waals surface area contributed by atoms with Gasteiger partial charge in [-0.2, -0.15) is 0 Å². The molecule has 0 aromatic heterocycles. The van der Waals surface area contributed by atoms with Crippen molar-refractivity contribution < 1.29 is 4.79 Å². The highest BCUT2D eigenvalue weighted by atomic mass is 79.9. The summed E-state index contributed by atoms with van der Waals surface area (Å²) in [7, 11) is 0. The molecule has 0 saturated carbocycles. The molecule has 1 aliphatic rings. The Bertz CT molecular complexity index is 733. The van der Waals surface area contributed by atoms with Gasteiger partial charge in [-0.3, -0.25) is 9.69 Å². The van der Waals surface area contributed by atoms with Gasteiger partial charge in [0.25, 0.3) is 5.91 Å². The minimum atomic E-state index is -0.120. The lowest BCUT2D eigenvalue weighted by molar-refractivity contribution is 0.0951. The molecule has 0 bridgehead atoms. The Morgan fingerprint density at radius 2 is 1.81 bits per heavy atom. The first-order valence-corrected chi connectivity index (χ1v) is 10.1. The molecular formula is C20H23BrClN3O. The fraction of sp³-hybridized carbons (Fsp3) is 0.350. The number of hydrogen-bond donors (Lipinski definition) is 1. The van der Waals surface area contributed by atoms with Crippen molar-refractivity contribution in [3.05, 3.63) is 63.6 Å². The largest absolute Gasteiger partial charge is 0.369 e. The molecule has 0 spiro atoms. The van der Waals surface area contributed by atoms with Crippen molar-refractivity contribution >= 4 is 39.1 Å². The highest BCUT2D eigenvalue weighted by Gasteiger charge is 2.16. The molecule has 26 heavy (non-hydrogen) atoms. The van der Waals surface area contributed by atoms with Crippen LogP contribution in [0.2, 0.25) is 5.02 Å². The first-order valence-electron chi connectivity index (χ1n) is 8.89. The predicted molar refractivity (Wildman–Crippen MR) is 111 cm³/mol. The van der Waals surface area contributed by atoms with E-state index in [-0.39, 0.29) is 5.91 Å². The molecular weight excluding hydrogens is 414 g/mol. The maximum atomic E-state index is 12.2. The second kappa shape index (κ2) is 9.40. The third-order valence-electron chi connectivity index (χ3n) is 4.60. The van der Waals surface area contributed by atoms with Crippen molar-refractivity contribution in [2.75, 3.05) is 44.2 Å². The molecule has 2 aromatic carbocycles. The highest BCUT2D eigenvalue weighted by molar-refractivity contribution is 9.10. The third-order valence-corrected chi connectivity index (χ3v) is 5.43. The van der Waals surface area contributed by atoms with Crippen molar-refractivity contribution in [1.29, 1.82) is 0 Å². The molecule has 1 amide bonds. The number of amides is 1. The van der Waals surface area contributed by atoms with Crippen LogP contribution in [0.5, 0.6) is 0 Å². The molecule has 0 radical (unpaired) electrons. The average molecular weight is 437 g/mol. The molecule has 0 unspecified atom stereocenters. The van der Waals surface area contributed by atoms with Crippen LogP contribution in [0.15, 0.2) is 53.0 Å². The zero-order chi connectivity index (χ0) is 18.4. The standard InChI is InChI=1S/C20H23BrClN3O/c21-16-7-8-19(22)18(15-16)20(26)23-9-4-10-24-11-13-25(14-12-24)17-5-2-1-3-6-17/h1-3,5-8,15H,4,9-14H2,(H,23,26). The van der Waals surface area contributed by atoms with Gasteiger partial charge in [-0.25, -0.2) is 0 Å². The first-order chi connectivity index (χ1) is 12.6. The van der Waals surface area contributed by atoms with E-state index in [0.29, 0.717) is 17.1 Å². The summed E-state index contributed by atoms with van der Waals surface area (Å²) >= 11 is 9.47. The molecule has 1 fully saturated rings. The van der Waals surface area contributed by atoms with Crippen LogP contribution in [0.1, 0.15) is 16.8 Å². The number of nitrogens with zero attached hydrogens (tertiary/aromatic N) is 2. The van der Waals surface area contributed by atoms with Crippen LogP contribution in [0.4, 0.5) is 5.69 Å². The fourth-order valence-electron chi connectivity index (χ4n) is 3.14. The number of carbonyl (C=O) groups excluding carboxylic acids is 1.